The molecule has 0 spiro atoms. The van der Waals surface area contributed by atoms with Gasteiger partial charge in [0.25, 0.3) is 0 Å². The SMILES string of the molecule is C/C(=N/O)c1cnc(N)nc1C. The molecule has 0 aliphatic carbocycles. The van der Waals surface area contributed by atoms with Crippen LogP contribution in [0.15, 0.2) is 11.4 Å². The van der Waals surface area contributed by atoms with Crippen molar-refractivity contribution in [3.8, 4) is 0 Å². The topological polar surface area (TPSA) is 84.4 Å². The molecule has 12 heavy (non-hydrogen) atoms. The minimum Gasteiger partial charge on any atom is -0.411 e. The first-order chi connectivity index (χ1) is 5.65. The normalized spacial score (nSPS) is 11.7. The molecule has 0 saturated heterocycles. The van der Waals surface area contributed by atoms with E-state index in [1.165, 1.54) is 6.20 Å². The highest BCUT2D eigenvalue weighted by molar-refractivity contribution is 5.98. The summed E-state index contributed by atoms with van der Waals surface area (Å²) in [6, 6.07) is 0. The standard InChI is InChI=1S/C7H10N4O/c1-4-6(5(2)11-12)3-9-7(8)10-4/h3,12H,1-2H3,(H2,8,9,10)/b11-5-. The molecular formula is C7H10N4O. The molecule has 0 radical (unpaired) electrons. The fraction of sp³-hybridized carbons (Fsp3) is 0.286. The fourth-order valence-corrected chi connectivity index (χ4v) is 0.894. The Bertz CT molecular complexity index is 321. The highest BCUT2D eigenvalue weighted by atomic mass is 16.4. The number of anilines is 1. The number of rotatable bonds is 1. The smallest absolute Gasteiger partial charge is 0.220 e. The Morgan fingerprint density at radius 2 is 2.33 bits per heavy atom. The second kappa shape index (κ2) is 3.17. The third kappa shape index (κ3) is 1.50. The molecule has 0 bridgehead atoms. The Labute approximate surface area is 69.9 Å². The second-order valence-electron chi connectivity index (χ2n) is 2.41. The number of hydrogen-bond donors (Lipinski definition) is 2. The van der Waals surface area contributed by atoms with E-state index in [2.05, 4.69) is 15.1 Å². The van der Waals surface area contributed by atoms with Crippen LogP contribution in [0.1, 0.15) is 18.2 Å². The van der Waals surface area contributed by atoms with Gasteiger partial charge in [-0.25, -0.2) is 9.97 Å². The largest absolute Gasteiger partial charge is 0.411 e. The van der Waals surface area contributed by atoms with Crippen molar-refractivity contribution in [2.24, 2.45) is 5.16 Å². The molecule has 0 aliphatic heterocycles. The molecule has 0 saturated carbocycles. The van der Waals surface area contributed by atoms with Crippen molar-refractivity contribution in [2.75, 3.05) is 5.73 Å². The van der Waals surface area contributed by atoms with Crippen molar-refractivity contribution >= 4 is 11.7 Å². The van der Waals surface area contributed by atoms with Gasteiger partial charge in [0.15, 0.2) is 0 Å². The number of hydrogen-bond acceptors (Lipinski definition) is 5. The monoisotopic (exact) mass is 166 g/mol. The molecule has 3 N–H and O–H groups in total. The van der Waals surface area contributed by atoms with Gasteiger partial charge in [0.1, 0.15) is 0 Å². The Morgan fingerprint density at radius 1 is 1.67 bits per heavy atom. The average Bonchev–Trinajstić information content (AvgIpc) is 2.03. The summed E-state index contributed by atoms with van der Waals surface area (Å²) in [6.45, 7) is 3.45. The molecule has 64 valence electrons. The lowest BCUT2D eigenvalue weighted by Gasteiger charge is -2.01. The van der Waals surface area contributed by atoms with Gasteiger partial charge in [0.2, 0.25) is 5.95 Å². The maximum atomic E-state index is 8.48. The van der Waals surface area contributed by atoms with E-state index in [0.29, 0.717) is 17.0 Å². The summed E-state index contributed by atoms with van der Waals surface area (Å²) in [5.74, 6) is 0.224. The zero-order chi connectivity index (χ0) is 9.14. The van der Waals surface area contributed by atoms with Crippen molar-refractivity contribution in [1.29, 1.82) is 0 Å². The maximum Gasteiger partial charge on any atom is 0.220 e. The molecule has 1 aromatic heterocycles. The predicted octanol–water partition coefficient (Wildman–Crippen LogP) is 0.565. The fourth-order valence-electron chi connectivity index (χ4n) is 0.894. The summed E-state index contributed by atoms with van der Waals surface area (Å²) in [6.07, 6.45) is 1.53. The molecule has 5 nitrogen and oxygen atoms in total. The van der Waals surface area contributed by atoms with Gasteiger partial charge in [-0.1, -0.05) is 5.16 Å². The first-order valence-corrected chi connectivity index (χ1v) is 3.43. The summed E-state index contributed by atoms with van der Waals surface area (Å²) >= 11 is 0. The van der Waals surface area contributed by atoms with E-state index < -0.39 is 0 Å². The number of aryl methyl sites for hydroxylation is 1. The molecule has 1 rings (SSSR count). The lowest BCUT2D eigenvalue weighted by atomic mass is 10.2. The van der Waals surface area contributed by atoms with Crippen LogP contribution in [0.25, 0.3) is 0 Å². The van der Waals surface area contributed by atoms with Crippen LogP contribution in [0, 0.1) is 6.92 Å². The van der Waals surface area contributed by atoms with Gasteiger partial charge in [0.05, 0.1) is 11.4 Å². The second-order valence-corrected chi connectivity index (χ2v) is 2.41. The van der Waals surface area contributed by atoms with Crippen molar-refractivity contribution in [1.82, 2.24) is 9.97 Å². The number of nitrogens with two attached hydrogens (primary N) is 1. The number of aromatic nitrogens is 2. The molecule has 1 heterocycles. The molecule has 1 aromatic rings. The molecule has 0 unspecified atom stereocenters. The van der Waals surface area contributed by atoms with E-state index in [4.69, 9.17) is 10.9 Å². The van der Waals surface area contributed by atoms with Crippen LogP contribution in [0.5, 0.6) is 0 Å². The van der Waals surface area contributed by atoms with E-state index in [0.717, 1.165) is 0 Å². The maximum absolute atomic E-state index is 8.48. The minimum absolute atomic E-state index is 0.224. The number of nitrogen functional groups attached to an aromatic ring is 1. The van der Waals surface area contributed by atoms with Crippen molar-refractivity contribution < 1.29 is 5.21 Å². The quantitative estimate of drug-likeness (QED) is 0.363. The van der Waals surface area contributed by atoms with Crippen LogP contribution < -0.4 is 5.73 Å². The van der Waals surface area contributed by atoms with Gasteiger partial charge >= 0.3 is 0 Å². The third-order valence-electron chi connectivity index (χ3n) is 1.54. The Kier molecular flexibility index (Phi) is 2.23. The van der Waals surface area contributed by atoms with Crippen LogP contribution in [0.2, 0.25) is 0 Å². The van der Waals surface area contributed by atoms with Gasteiger partial charge in [-0.05, 0) is 13.8 Å². The highest BCUT2D eigenvalue weighted by Crippen LogP contribution is 2.05. The summed E-state index contributed by atoms with van der Waals surface area (Å²) in [4.78, 5) is 7.70. The summed E-state index contributed by atoms with van der Waals surface area (Å²) in [7, 11) is 0. The first kappa shape index (κ1) is 8.45. The Balaban J connectivity index is 3.18. The highest BCUT2D eigenvalue weighted by Gasteiger charge is 2.04. The van der Waals surface area contributed by atoms with E-state index in [9.17, 15) is 0 Å². The molecule has 0 atom stereocenters. The summed E-state index contributed by atoms with van der Waals surface area (Å²) in [5.41, 5.74) is 7.23. The molecular weight excluding hydrogens is 156 g/mol. The minimum atomic E-state index is 0.224. The van der Waals surface area contributed by atoms with Gasteiger partial charge in [-0.2, -0.15) is 0 Å². The van der Waals surface area contributed by atoms with Crippen molar-refractivity contribution in [2.45, 2.75) is 13.8 Å². The summed E-state index contributed by atoms with van der Waals surface area (Å²) < 4.78 is 0. The Morgan fingerprint density at radius 3 is 2.83 bits per heavy atom. The van der Waals surface area contributed by atoms with Crippen LogP contribution in [-0.4, -0.2) is 20.9 Å². The van der Waals surface area contributed by atoms with Crippen molar-refractivity contribution in [3.05, 3.63) is 17.5 Å². The van der Waals surface area contributed by atoms with E-state index in [1.54, 1.807) is 13.8 Å². The average molecular weight is 166 g/mol. The molecule has 0 amide bonds. The number of nitrogens with zero attached hydrogens (tertiary/aromatic N) is 3. The zero-order valence-corrected chi connectivity index (χ0v) is 6.94. The van der Waals surface area contributed by atoms with Gasteiger partial charge < -0.3 is 10.9 Å². The lowest BCUT2D eigenvalue weighted by molar-refractivity contribution is 0.319. The molecule has 0 aliphatic rings. The lowest BCUT2D eigenvalue weighted by Crippen LogP contribution is -2.04. The van der Waals surface area contributed by atoms with Crippen LogP contribution in [-0.2, 0) is 0 Å². The molecule has 0 aromatic carbocycles. The molecule has 5 heteroatoms. The van der Waals surface area contributed by atoms with Gasteiger partial charge in [-0.15, -0.1) is 0 Å². The van der Waals surface area contributed by atoms with E-state index >= 15 is 0 Å². The zero-order valence-electron chi connectivity index (χ0n) is 6.94. The van der Waals surface area contributed by atoms with Crippen LogP contribution in [0.4, 0.5) is 5.95 Å². The van der Waals surface area contributed by atoms with Gasteiger partial charge in [0, 0.05) is 11.8 Å². The van der Waals surface area contributed by atoms with E-state index in [-0.39, 0.29) is 5.95 Å². The van der Waals surface area contributed by atoms with Crippen LogP contribution >= 0.6 is 0 Å². The van der Waals surface area contributed by atoms with Gasteiger partial charge in [-0.3, -0.25) is 0 Å². The predicted molar refractivity (Wildman–Crippen MR) is 45.2 cm³/mol. The third-order valence-corrected chi connectivity index (χ3v) is 1.54. The van der Waals surface area contributed by atoms with Crippen LogP contribution in [0.3, 0.4) is 0 Å². The van der Waals surface area contributed by atoms with Crippen molar-refractivity contribution in [3.63, 3.8) is 0 Å². The molecule has 0 fully saturated rings. The Hall–Kier alpha value is -1.65. The summed E-state index contributed by atoms with van der Waals surface area (Å²) in [5, 5.41) is 11.5. The first-order valence-electron chi connectivity index (χ1n) is 3.43. The van der Waals surface area contributed by atoms with E-state index in [1.807, 2.05) is 0 Å². The number of oxime groups is 1.